The third-order valence-corrected chi connectivity index (χ3v) is 12.6. The van der Waals surface area contributed by atoms with Crippen LogP contribution >= 0.6 is 0 Å². The van der Waals surface area contributed by atoms with Crippen molar-refractivity contribution in [3.8, 4) is 22.3 Å². The molecule has 3 heteroatoms. The van der Waals surface area contributed by atoms with Crippen molar-refractivity contribution in [2.75, 3.05) is 0 Å². The van der Waals surface area contributed by atoms with Crippen LogP contribution in [0.15, 0.2) is 144 Å². The monoisotopic (exact) mass is 902 g/mol. The molecule has 0 heterocycles. The number of aryl methyl sites for hydroxylation is 6. The molecular weight excluding hydrogens is 847 g/mol. The van der Waals surface area contributed by atoms with Gasteiger partial charge in [0.05, 0.1) is 0 Å². The molecule has 0 aromatic heterocycles. The van der Waals surface area contributed by atoms with Crippen LogP contribution in [0.4, 0.5) is 0 Å². The average Bonchev–Trinajstić information content (AvgIpc) is 3.84. The van der Waals surface area contributed by atoms with E-state index in [1.165, 1.54) is 113 Å². The maximum Gasteiger partial charge on any atom is 4.00 e. The predicted octanol–water partition coefficient (Wildman–Crippen LogP) is 9.78. The molecule has 2 bridgehead atoms. The molecular formula is C57H58Cl2Zr. The van der Waals surface area contributed by atoms with Crippen LogP contribution in [0.1, 0.15) is 91.5 Å². The van der Waals surface area contributed by atoms with E-state index in [4.69, 9.17) is 0 Å². The van der Waals surface area contributed by atoms with Gasteiger partial charge in [-0.3, -0.25) is 6.08 Å². The van der Waals surface area contributed by atoms with Gasteiger partial charge in [0, 0.05) is 5.41 Å². The Morgan fingerprint density at radius 3 is 1.38 bits per heavy atom. The molecule has 0 saturated heterocycles. The molecule has 304 valence electrons. The van der Waals surface area contributed by atoms with E-state index in [0.29, 0.717) is 5.92 Å². The van der Waals surface area contributed by atoms with Crippen LogP contribution in [0.3, 0.4) is 0 Å². The van der Waals surface area contributed by atoms with Crippen molar-refractivity contribution >= 4 is 21.5 Å². The number of fused-ring (bicyclic) bond motifs is 4. The van der Waals surface area contributed by atoms with E-state index in [2.05, 4.69) is 203 Å². The van der Waals surface area contributed by atoms with Crippen LogP contribution in [0.2, 0.25) is 0 Å². The van der Waals surface area contributed by atoms with Crippen LogP contribution < -0.4 is 24.8 Å². The number of benzene rings is 6. The van der Waals surface area contributed by atoms with Gasteiger partial charge < -0.3 is 24.8 Å². The average molecular weight is 905 g/mol. The fourth-order valence-electron chi connectivity index (χ4n) is 10.6. The molecule has 0 N–H and O–H groups in total. The smallest absolute Gasteiger partial charge is 1.00 e. The van der Waals surface area contributed by atoms with E-state index in [-0.39, 0.29) is 61.8 Å². The molecule has 3 aliphatic rings. The third-order valence-electron chi connectivity index (χ3n) is 12.6. The number of unbranched alkanes of at least 4 members (excludes halogenated alkanes) is 1. The van der Waals surface area contributed by atoms with E-state index < -0.39 is 0 Å². The molecule has 0 fully saturated rings. The van der Waals surface area contributed by atoms with Gasteiger partial charge >= 0.3 is 26.2 Å². The summed E-state index contributed by atoms with van der Waals surface area (Å²) in [5.74, 6) is 0.472. The minimum Gasteiger partial charge on any atom is -1.00 e. The van der Waals surface area contributed by atoms with Crippen LogP contribution in [-0.4, -0.2) is 0 Å². The van der Waals surface area contributed by atoms with E-state index in [1.807, 2.05) is 0 Å². The second-order valence-corrected chi connectivity index (χ2v) is 18.0. The first-order valence-electron chi connectivity index (χ1n) is 21.1. The van der Waals surface area contributed by atoms with Gasteiger partial charge in [-0.1, -0.05) is 190 Å². The number of halogens is 2. The molecule has 3 aliphatic carbocycles. The zero-order chi connectivity index (χ0) is 40.2. The Labute approximate surface area is 391 Å². The van der Waals surface area contributed by atoms with Crippen molar-refractivity contribution in [2.24, 2.45) is 11.3 Å². The topological polar surface area (TPSA) is 0 Å². The standard InChI is InChI=1S/C31H29.C26H29.2ClH.Zr/c1-18-11-20(3)30(21(4)12-18)24-7-9-28-26(15-24)17-27-16-25(8-10-29(27)28)31-22(5)13-19(2)14-23(31)6;1-5-6-13-19-18-22-24(25(2,3)4)23(19)26(22,20-14-9-7-10-15-20)21-16-11-8-12-17-21;;;/h7-17H,1-6H3;7-12,14-17,19H,5-6,13H2,1-4H3;2*1H;/q2*-1;;;+4/p-2. The van der Waals surface area contributed by atoms with Gasteiger partial charge in [0.25, 0.3) is 0 Å². The van der Waals surface area contributed by atoms with Gasteiger partial charge in [-0.05, 0) is 86.1 Å². The number of rotatable bonds is 7. The van der Waals surface area contributed by atoms with Crippen LogP contribution in [0.5, 0.6) is 0 Å². The zero-order valence-corrected chi connectivity index (χ0v) is 41.0. The van der Waals surface area contributed by atoms with Crippen molar-refractivity contribution < 1.29 is 51.0 Å². The first-order chi connectivity index (χ1) is 27.3. The summed E-state index contributed by atoms with van der Waals surface area (Å²) in [6.45, 7) is 22.6. The number of hydrogen-bond donors (Lipinski definition) is 0. The molecule has 1 atom stereocenters. The summed E-state index contributed by atoms with van der Waals surface area (Å²) in [6, 6.07) is 47.5. The Balaban J connectivity index is 0.000000220. The van der Waals surface area contributed by atoms with Crippen LogP contribution in [0.25, 0.3) is 43.8 Å². The molecule has 0 spiro atoms. The maximum atomic E-state index is 3.95. The minimum atomic E-state index is -0.0798. The summed E-state index contributed by atoms with van der Waals surface area (Å²) in [7, 11) is 0. The van der Waals surface area contributed by atoms with E-state index in [1.54, 1.807) is 11.1 Å². The largest absolute Gasteiger partial charge is 4.00 e. The van der Waals surface area contributed by atoms with Gasteiger partial charge in [0.15, 0.2) is 0 Å². The van der Waals surface area contributed by atoms with Gasteiger partial charge in [-0.2, -0.15) is 5.57 Å². The van der Waals surface area contributed by atoms with E-state index >= 15 is 0 Å². The van der Waals surface area contributed by atoms with E-state index in [9.17, 15) is 0 Å². The van der Waals surface area contributed by atoms with Crippen LogP contribution in [-0.2, 0) is 31.6 Å². The molecule has 0 aliphatic heterocycles. The summed E-state index contributed by atoms with van der Waals surface area (Å²) in [6.07, 6.45) is 7.68. The first-order valence-corrected chi connectivity index (χ1v) is 21.1. The third kappa shape index (κ3) is 8.25. The fraction of sp³-hybridized carbons (Fsp3) is 0.281. The van der Waals surface area contributed by atoms with E-state index in [0.717, 1.165) is 0 Å². The van der Waals surface area contributed by atoms with Crippen molar-refractivity contribution in [3.05, 3.63) is 195 Å². The van der Waals surface area contributed by atoms with Gasteiger partial charge in [-0.25, -0.2) is 5.57 Å². The molecule has 60 heavy (non-hydrogen) atoms. The minimum absolute atomic E-state index is 0. The predicted molar refractivity (Wildman–Crippen MR) is 246 cm³/mol. The summed E-state index contributed by atoms with van der Waals surface area (Å²) < 4.78 is 0. The Bertz CT molecular complexity index is 2510. The van der Waals surface area contributed by atoms with Crippen molar-refractivity contribution in [2.45, 2.75) is 93.9 Å². The Morgan fingerprint density at radius 2 is 1.00 bits per heavy atom. The summed E-state index contributed by atoms with van der Waals surface area (Å²) in [4.78, 5) is 0. The SMILES string of the molecule is CCCCC1[C-]=C2C(C(C)(C)C)=C1C2(c1ccccc1)c1ccccc1.Cc1cc(C)c(-c2ccc3c(c2)[cH-]c2cc(-c4c(C)cc(C)cc4C)ccc23)c(C)c1.[Cl-].[Cl-].[Zr+4]. The molecule has 0 amide bonds. The molecule has 0 nitrogen and oxygen atoms in total. The molecule has 7 aromatic rings. The van der Waals surface area contributed by atoms with Crippen LogP contribution in [0, 0.1) is 59.0 Å². The molecule has 7 aromatic carbocycles. The Kier molecular flexibility index (Phi) is 14.6. The summed E-state index contributed by atoms with van der Waals surface area (Å²) in [5, 5.41) is 5.32. The zero-order valence-electron chi connectivity index (χ0n) is 37.1. The molecule has 1 unspecified atom stereocenters. The van der Waals surface area contributed by atoms with Gasteiger partial charge in [-0.15, -0.1) is 45.3 Å². The second-order valence-electron chi connectivity index (χ2n) is 18.0. The Morgan fingerprint density at radius 1 is 0.583 bits per heavy atom. The summed E-state index contributed by atoms with van der Waals surface area (Å²) in [5.41, 5.74) is 20.9. The van der Waals surface area contributed by atoms with Gasteiger partial charge in [0.2, 0.25) is 0 Å². The first kappa shape index (κ1) is 47.2. The van der Waals surface area contributed by atoms with Crippen molar-refractivity contribution in [3.63, 3.8) is 0 Å². The maximum absolute atomic E-state index is 3.95. The van der Waals surface area contributed by atoms with Crippen molar-refractivity contribution in [1.29, 1.82) is 0 Å². The Hall–Kier alpha value is -3.87. The molecule has 0 radical (unpaired) electrons. The summed E-state index contributed by atoms with van der Waals surface area (Å²) >= 11 is 0. The number of hydrogen-bond acceptors (Lipinski definition) is 0. The van der Waals surface area contributed by atoms with Gasteiger partial charge in [0.1, 0.15) is 0 Å². The van der Waals surface area contributed by atoms with Crippen molar-refractivity contribution in [1.82, 2.24) is 0 Å². The second kappa shape index (κ2) is 18.6. The molecule has 10 rings (SSSR count). The number of allylic oxidation sites excluding steroid dienone is 4. The quantitative estimate of drug-likeness (QED) is 0.140. The molecule has 0 saturated carbocycles. The normalized spacial score (nSPS) is 15.0. The fourth-order valence-corrected chi connectivity index (χ4v) is 10.6.